The molecule has 1 unspecified atom stereocenters. The number of unbranched alkanes of at least 4 members (excludes halogenated alkanes) is 3. The molecule has 2 atom stereocenters. The van der Waals surface area contributed by atoms with Crippen molar-refractivity contribution < 1.29 is 18.8 Å². The molecule has 1 aliphatic rings. The zero-order chi connectivity index (χ0) is 26.4. The first kappa shape index (κ1) is 30.0. The number of Topliss-reactive ketones (excluding diaryl/α,β-unsaturated/α-hetero) is 2. The average Bonchev–Trinajstić information content (AvgIpc) is 3.27. The molecule has 0 bridgehead atoms. The second-order valence-corrected chi connectivity index (χ2v) is 9.82. The summed E-state index contributed by atoms with van der Waals surface area (Å²) in [4.78, 5) is 36.9. The van der Waals surface area contributed by atoms with Crippen LogP contribution in [0, 0.1) is 0 Å². The molecule has 1 heterocycles. The Morgan fingerprint density at radius 3 is 2.50 bits per heavy atom. The van der Waals surface area contributed by atoms with Crippen LogP contribution in [0.4, 0.5) is 4.39 Å². The molecule has 0 aliphatic heterocycles. The molecule has 36 heavy (non-hydrogen) atoms. The van der Waals surface area contributed by atoms with E-state index in [9.17, 15) is 14.4 Å². The maximum Gasteiger partial charge on any atom is 0.219 e. The molecule has 0 fully saturated rings. The van der Waals surface area contributed by atoms with Crippen molar-refractivity contribution in [1.29, 1.82) is 0 Å². The first-order chi connectivity index (χ1) is 17.4. The maximum atomic E-state index is 16.2. The zero-order valence-corrected chi connectivity index (χ0v) is 22.1. The lowest BCUT2D eigenvalue weighted by atomic mass is 9.84. The number of nitrogens with zero attached hydrogens (tertiary/aromatic N) is 3. The van der Waals surface area contributed by atoms with E-state index in [4.69, 9.17) is 5.73 Å². The standard InChI is InChI=1S/C26H45FN6O3/c1-29-20(12-7-10-18-28)22(34)14-8-11-19-33-21-13-4-3-9-17-26(27,25(21)31-32-33)23(35)15-5-6-16-24(36)30-2/h20,29H,3-19,28H2,1-2H3,(H,30,36)/t20-,26?/m0/s1. The van der Waals surface area contributed by atoms with Crippen molar-refractivity contribution in [2.45, 2.75) is 115 Å². The van der Waals surface area contributed by atoms with Gasteiger partial charge in [-0.3, -0.25) is 14.4 Å². The Bertz CT molecular complexity index is 846. The fraction of sp³-hybridized carbons (Fsp3) is 0.808. The summed E-state index contributed by atoms with van der Waals surface area (Å²) in [5.74, 6) is -0.343. The van der Waals surface area contributed by atoms with E-state index in [0.717, 1.165) is 38.5 Å². The molecular weight excluding hydrogens is 463 g/mol. The van der Waals surface area contributed by atoms with E-state index >= 15 is 4.39 Å². The quantitative estimate of drug-likeness (QED) is 0.276. The van der Waals surface area contributed by atoms with Crippen molar-refractivity contribution in [3.63, 3.8) is 0 Å². The average molecular weight is 509 g/mol. The lowest BCUT2D eigenvalue weighted by Gasteiger charge is -2.25. The molecule has 0 aromatic carbocycles. The fourth-order valence-corrected chi connectivity index (χ4v) is 4.88. The Morgan fingerprint density at radius 2 is 1.78 bits per heavy atom. The molecule has 1 amide bonds. The highest BCUT2D eigenvalue weighted by molar-refractivity contribution is 5.88. The smallest absolute Gasteiger partial charge is 0.219 e. The van der Waals surface area contributed by atoms with Crippen LogP contribution in [0.2, 0.25) is 0 Å². The lowest BCUT2D eigenvalue weighted by Crippen LogP contribution is -2.34. The Balaban J connectivity index is 1.96. The van der Waals surface area contributed by atoms with Crippen LogP contribution in [0.1, 0.15) is 101 Å². The minimum absolute atomic E-state index is 0.0802. The lowest BCUT2D eigenvalue weighted by molar-refractivity contribution is -0.132. The van der Waals surface area contributed by atoms with Gasteiger partial charge in [0, 0.05) is 32.9 Å². The number of nitrogens with one attached hydrogen (secondary N) is 2. The second-order valence-electron chi connectivity index (χ2n) is 9.82. The van der Waals surface area contributed by atoms with Gasteiger partial charge in [0.05, 0.1) is 11.7 Å². The molecule has 9 nitrogen and oxygen atoms in total. The van der Waals surface area contributed by atoms with Crippen LogP contribution in [-0.2, 0) is 33.0 Å². The van der Waals surface area contributed by atoms with Crippen LogP contribution in [0.15, 0.2) is 0 Å². The van der Waals surface area contributed by atoms with Gasteiger partial charge in [0.15, 0.2) is 5.78 Å². The highest BCUT2D eigenvalue weighted by Crippen LogP contribution is 2.38. The highest BCUT2D eigenvalue weighted by Gasteiger charge is 2.44. The van der Waals surface area contributed by atoms with Crippen molar-refractivity contribution in [2.75, 3.05) is 20.6 Å². The van der Waals surface area contributed by atoms with Gasteiger partial charge in [-0.25, -0.2) is 9.07 Å². The molecule has 1 aromatic rings. The number of fused-ring (bicyclic) bond motifs is 1. The zero-order valence-electron chi connectivity index (χ0n) is 22.1. The summed E-state index contributed by atoms with van der Waals surface area (Å²) in [6.07, 6.45) is 9.13. The summed E-state index contributed by atoms with van der Waals surface area (Å²) in [7, 11) is 3.38. The topological polar surface area (TPSA) is 132 Å². The molecule has 1 aromatic heterocycles. The van der Waals surface area contributed by atoms with E-state index in [1.54, 1.807) is 11.7 Å². The maximum absolute atomic E-state index is 16.2. The van der Waals surface area contributed by atoms with Gasteiger partial charge in [-0.15, -0.1) is 5.10 Å². The number of carbonyl (C=O) groups is 3. The molecule has 0 spiro atoms. The summed E-state index contributed by atoms with van der Waals surface area (Å²) in [6.45, 7) is 1.18. The van der Waals surface area contributed by atoms with Gasteiger partial charge in [-0.2, -0.15) is 0 Å². The van der Waals surface area contributed by atoms with Crippen LogP contribution in [0.25, 0.3) is 0 Å². The van der Waals surface area contributed by atoms with Gasteiger partial charge in [0.2, 0.25) is 11.6 Å². The van der Waals surface area contributed by atoms with Crippen LogP contribution in [0.5, 0.6) is 0 Å². The number of alkyl halides is 1. The van der Waals surface area contributed by atoms with Gasteiger partial charge in [0.1, 0.15) is 11.5 Å². The number of halogens is 1. The fourth-order valence-electron chi connectivity index (χ4n) is 4.88. The SMILES string of the molecule is CNC(=O)CCCCC(=O)C1(F)CCCCCc2c1nnn2CCCCC(=O)[C@H](CCCCN)NC. The van der Waals surface area contributed by atoms with Crippen LogP contribution >= 0.6 is 0 Å². The first-order valence-corrected chi connectivity index (χ1v) is 13.6. The van der Waals surface area contributed by atoms with Gasteiger partial charge in [-0.1, -0.05) is 18.1 Å². The summed E-state index contributed by atoms with van der Waals surface area (Å²) in [6, 6.07) is -0.141. The van der Waals surface area contributed by atoms with Crippen LogP contribution < -0.4 is 16.4 Å². The molecule has 0 saturated carbocycles. The number of carbonyl (C=O) groups excluding carboxylic acids is 3. The number of amides is 1. The molecule has 1 aliphatic carbocycles. The number of rotatable bonds is 17. The van der Waals surface area contributed by atoms with Gasteiger partial charge < -0.3 is 16.4 Å². The van der Waals surface area contributed by atoms with E-state index in [1.165, 1.54) is 0 Å². The Labute approximate surface area is 214 Å². The number of ketones is 2. The molecule has 0 radical (unpaired) electrons. The second kappa shape index (κ2) is 15.8. The van der Waals surface area contributed by atoms with E-state index < -0.39 is 11.5 Å². The summed E-state index contributed by atoms with van der Waals surface area (Å²) in [5, 5.41) is 14.0. The van der Waals surface area contributed by atoms with E-state index in [-0.39, 0.29) is 36.3 Å². The minimum atomic E-state index is -2.12. The Morgan fingerprint density at radius 1 is 1.03 bits per heavy atom. The van der Waals surface area contributed by atoms with Crippen molar-refractivity contribution in [3.8, 4) is 0 Å². The van der Waals surface area contributed by atoms with Crippen molar-refractivity contribution in [3.05, 3.63) is 11.4 Å². The van der Waals surface area contributed by atoms with Crippen LogP contribution in [0.3, 0.4) is 0 Å². The molecular formula is C26H45FN6O3. The monoisotopic (exact) mass is 508 g/mol. The normalized spacial score (nSPS) is 18.7. The van der Waals surface area contributed by atoms with Gasteiger partial charge in [-0.05, 0) is 77.8 Å². The number of hydrogen-bond acceptors (Lipinski definition) is 7. The number of likely N-dealkylation sites (N-methyl/N-ethyl adjacent to an activating group) is 1. The Kier molecular flexibility index (Phi) is 13.2. The van der Waals surface area contributed by atoms with Crippen molar-refractivity contribution in [2.24, 2.45) is 5.73 Å². The Hall–Kier alpha value is -2.20. The van der Waals surface area contributed by atoms with Gasteiger partial charge >= 0.3 is 0 Å². The summed E-state index contributed by atoms with van der Waals surface area (Å²) >= 11 is 0. The third kappa shape index (κ3) is 8.73. The number of aryl methyl sites for hydroxylation is 1. The molecule has 10 heteroatoms. The van der Waals surface area contributed by atoms with Gasteiger partial charge in [0.25, 0.3) is 0 Å². The number of aromatic nitrogens is 3. The van der Waals surface area contributed by atoms with E-state index in [2.05, 4.69) is 20.9 Å². The molecule has 204 valence electrons. The number of hydrogen-bond donors (Lipinski definition) is 3. The van der Waals surface area contributed by atoms with Crippen LogP contribution in [-0.4, -0.2) is 59.1 Å². The third-order valence-corrected chi connectivity index (χ3v) is 7.15. The predicted molar refractivity (Wildman–Crippen MR) is 137 cm³/mol. The largest absolute Gasteiger partial charge is 0.359 e. The molecule has 4 N–H and O–H groups in total. The minimum Gasteiger partial charge on any atom is -0.359 e. The van der Waals surface area contributed by atoms with E-state index in [0.29, 0.717) is 63.7 Å². The highest BCUT2D eigenvalue weighted by atomic mass is 19.1. The molecule has 0 saturated heterocycles. The predicted octanol–water partition coefficient (Wildman–Crippen LogP) is 2.89. The van der Waals surface area contributed by atoms with E-state index in [1.807, 2.05) is 7.05 Å². The van der Waals surface area contributed by atoms with Crippen molar-refractivity contribution in [1.82, 2.24) is 25.6 Å². The summed E-state index contributed by atoms with van der Waals surface area (Å²) in [5.41, 5.74) is 4.30. The molecule has 2 rings (SSSR count). The first-order valence-electron chi connectivity index (χ1n) is 13.6. The summed E-state index contributed by atoms with van der Waals surface area (Å²) < 4.78 is 17.9. The van der Waals surface area contributed by atoms with Crippen molar-refractivity contribution >= 4 is 17.5 Å². The third-order valence-electron chi connectivity index (χ3n) is 7.15. The number of nitrogens with two attached hydrogens (primary N) is 1.